The zero-order chi connectivity index (χ0) is 18.7. The maximum Gasteiger partial charge on any atom is 0.289 e. The molecule has 1 unspecified atom stereocenters. The summed E-state index contributed by atoms with van der Waals surface area (Å²) in [5, 5.41) is 0. The molecule has 26 heavy (non-hydrogen) atoms. The Balaban J connectivity index is 1.54. The van der Waals surface area contributed by atoms with E-state index in [2.05, 4.69) is 6.58 Å². The molecule has 0 N–H and O–H groups in total. The van der Waals surface area contributed by atoms with Gasteiger partial charge in [-0.3, -0.25) is 14.4 Å². The van der Waals surface area contributed by atoms with Crippen molar-refractivity contribution in [2.45, 2.75) is 19.8 Å². The van der Waals surface area contributed by atoms with Gasteiger partial charge in [0.05, 0.1) is 5.92 Å². The number of hydrogen-bond acceptors (Lipinski definition) is 4. The van der Waals surface area contributed by atoms with Crippen LogP contribution >= 0.6 is 0 Å². The van der Waals surface area contributed by atoms with Crippen molar-refractivity contribution in [1.29, 1.82) is 0 Å². The first kappa shape index (κ1) is 18.2. The first-order valence-electron chi connectivity index (χ1n) is 9.05. The van der Waals surface area contributed by atoms with Gasteiger partial charge in [-0.1, -0.05) is 6.58 Å². The largest absolute Gasteiger partial charge is 0.456 e. The molecule has 2 aliphatic heterocycles. The molecule has 3 rings (SSSR count). The second-order valence-electron chi connectivity index (χ2n) is 6.86. The van der Waals surface area contributed by atoms with Crippen molar-refractivity contribution in [3.63, 3.8) is 0 Å². The van der Waals surface area contributed by atoms with Gasteiger partial charge in [0.2, 0.25) is 11.8 Å². The molecular formula is C19H25N3O4. The number of furan rings is 1. The Labute approximate surface area is 153 Å². The molecule has 2 aliphatic rings. The van der Waals surface area contributed by atoms with Crippen molar-refractivity contribution >= 4 is 17.7 Å². The summed E-state index contributed by atoms with van der Waals surface area (Å²) in [5.41, 5.74) is 0. The molecule has 0 aliphatic carbocycles. The molecule has 3 amide bonds. The van der Waals surface area contributed by atoms with Gasteiger partial charge in [-0.2, -0.15) is 0 Å². The van der Waals surface area contributed by atoms with Crippen molar-refractivity contribution < 1.29 is 18.8 Å². The van der Waals surface area contributed by atoms with Crippen LogP contribution in [0.4, 0.5) is 0 Å². The second kappa shape index (κ2) is 7.76. The smallest absolute Gasteiger partial charge is 0.289 e. The SMILES string of the molecule is C=CC(=O)N1CCCC(C(=O)N2CCN(C(=O)c3ccc(C)o3)CC2)C1. The number of hydrogen-bond donors (Lipinski definition) is 0. The average Bonchev–Trinajstić information content (AvgIpc) is 3.12. The highest BCUT2D eigenvalue weighted by molar-refractivity contribution is 5.92. The van der Waals surface area contributed by atoms with Gasteiger partial charge >= 0.3 is 0 Å². The number of piperazine rings is 1. The maximum absolute atomic E-state index is 12.8. The molecule has 140 valence electrons. The van der Waals surface area contributed by atoms with E-state index in [-0.39, 0.29) is 23.6 Å². The normalized spacial score (nSPS) is 20.8. The number of piperidine rings is 1. The minimum absolute atomic E-state index is 0.0764. The van der Waals surface area contributed by atoms with Crippen LogP contribution in [0.2, 0.25) is 0 Å². The van der Waals surface area contributed by atoms with E-state index >= 15 is 0 Å². The van der Waals surface area contributed by atoms with E-state index in [1.54, 1.807) is 28.9 Å². The summed E-state index contributed by atoms with van der Waals surface area (Å²) < 4.78 is 5.40. The lowest BCUT2D eigenvalue weighted by atomic mass is 9.96. The van der Waals surface area contributed by atoms with Crippen molar-refractivity contribution in [2.24, 2.45) is 5.92 Å². The fourth-order valence-electron chi connectivity index (χ4n) is 3.60. The molecule has 3 heterocycles. The molecule has 7 heteroatoms. The predicted molar refractivity (Wildman–Crippen MR) is 95.4 cm³/mol. The fraction of sp³-hybridized carbons (Fsp3) is 0.526. The summed E-state index contributed by atoms with van der Waals surface area (Å²) in [7, 11) is 0. The van der Waals surface area contributed by atoms with Gasteiger partial charge in [-0.25, -0.2) is 0 Å². The number of amides is 3. The Kier molecular flexibility index (Phi) is 5.44. The molecule has 2 saturated heterocycles. The number of nitrogens with zero attached hydrogens (tertiary/aromatic N) is 3. The standard InChI is InChI=1S/C19H25N3O4/c1-3-17(23)22-8-4-5-15(13-22)18(24)20-9-11-21(12-10-20)19(25)16-7-6-14(2)26-16/h3,6-7,15H,1,4-5,8-13H2,2H3. The third-order valence-corrected chi connectivity index (χ3v) is 5.09. The molecule has 0 aromatic carbocycles. The first-order valence-corrected chi connectivity index (χ1v) is 9.05. The summed E-state index contributed by atoms with van der Waals surface area (Å²) >= 11 is 0. The predicted octanol–water partition coefficient (Wildman–Crippen LogP) is 1.30. The Bertz CT molecular complexity index is 703. The van der Waals surface area contributed by atoms with Gasteiger partial charge < -0.3 is 19.1 Å². The van der Waals surface area contributed by atoms with Gasteiger partial charge in [0.15, 0.2) is 5.76 Å². The molecule has 2 fully saturated rings. The van der Waals surface area contributed by atoms with Crippen LogP contribution in [0.1, 0.15) is 29.2 Å². The van der Waals surface area contributed by atoms with Crippen LogP contribution in [-0.4, -0.2) is 71.7 Å². The summed E-state index contributed by atoms with van der Waals surface area (Å²) in [6.45, 7) is 8.46. The molecule has 0 spiro atoms. The van der Waals surface area contributed by atoms with Crippen LogP contribution in [0.5, 0.6) is 0 Å². The number of likely N-dealkylation sites (tertiary alicyclic amines) is 1. The molecule has 1 aromatic rings. The highest BCUT2D eigenvalue weighted by atomic mass is 16.3. The number of aryl methyl sites for hydroxylation is 1. The van der Waals surface area contributed by atoms with Crippen molar-refractivity contribution in [1.82, 2.24) is 14.7 Å². The third kappa shape index (κ3) is 3.81. The Morgan fingerprint density at radius 2 is 1.77 bits per heavy atom. The van der Waals surface area contributed by atoms with Gasteiger partial charge in [-0.15, -0.1) is 0 Å². The lowest BCUT2D eigenvalue weighted by Gasteiger charge is -2.38. The van der Waals surface area contributed by atoms with E-state index in [0.29, 0.717) is 50.8 Å². The third-order valence-electron chi connectivity index (χ3n) is 5.09. The molecule has 1 aromatic heterocycles. The molecule has 0 radical (unpaired) electrons. The van der Waals surface area contributed by atoms with E-state index in [0.717, 1.165) is 12.8 Å². The number of carbonyl (C=O) groups excluding carboxylic acids is 3. The van der Waals surface area contributed by atoms with Crippen molar-refractivity contribution in [3.05, 3.63) is 36.3 Å². The zero-order valence-corrected chi connectivity index (χ0v) is 15.1. The van der Waals surface area contributed by atoms with E-state index in [9.17, 15) is 14.4 Å². The second-order valence-corrected chi connectivity index (χ2v) is 6.86. The van der Waals surface area contributed by atoms with Crippen LogP contribution in [0.3, 0.4) is 0 Å². The van der Waals surface area contributed by atoms with Crippen LogP contribution in [-0.2, 0) is 9.59 Å². The van der Waals surface area contributed by atoms with Gasteiger partial charge in [0.25, 0.3) is 5.91 Å². The number of carbonyl (C=O) groups is 3. The molecular weight excluding hydrogens is 334 g/mol. The monoisotopic (exact) mass is 359 g/mol. The van der Waals surface area contributed by atoms with Gasteiger partial charge in [0.1, 0.15) is 5.76 Å². The summed E-state index contributed by atoms with van der Waals surface area (Å²) in [4.78, 5) is 42.2. The maximum atomic E-state index is 12.8. The van der Waals surface area contributed by atoms with E-state index in [1.165, 1.54) is 6.08 Å². The quantitative estimate of drug-likeness (QED) is 0.763. The highest BCUT2D eigenvalue weighted by Crippen LogP contribution is 2.20. The summed E-state index contributed by atoms with van der Waals surface area (Å²) in [6, 6.07) is 3.45. The Hall–Kier alpha value is -2.57. The van der Waals surface area contributed by atoms with Crippen molar-refractivity contribution in [2.75, 3.05) is 39.3 Å². The lowest BCUT2D eigenvalue weighted by Crippen LogP contribution is -2.54. The van der Waals surface area contributed by atoms with Crippen LogP contribution in [0.15, 0.2) is 29.2 Å². The average molecular weight is 359 g/mol. The molecule has 0 bridgehead atoms. The van der Waals surface area contributed by atoms with E-state index in [1.807, 2.05) is 4.90 Å². The molecule has 1 atom stereocenters. The van der Waals surface area contributed by atoms with Gasteiger partial charge in [0, 0.05) is 39.3 Å². The number of rotatable bonds is 3. The van der Waals surface area contributed by atoms with Crippen LogP contribution < -0.4 is 0 Å². The Morgan fingerprint density at radius 1 is 1.08 bits per heavy atom. The van der Waals surface area contributed by atoms with Crippen LogP contribution in [0.25, 0.3) is 0 Å². The zero-order valence-electron chi connectivity index (χ0n) is 15.1. The topological polar surface area (TPSA) is 74.1 Å². The highest BCUT2D eigenvalue weighted by Gasteiger charge is 2.33. The van der Waals surface area contributed by atoms with E-state index in [4.69, 9.17) is 4.42 Å². The van der Waals surface area contributed by atoms with Gasteiger partial charge in [-0.05, 0) is 38.0 Å². The van der Waals surface area contributed by atoms with Crippen LogP contribution in [0, 0.1) is 12.8 Å². The molecule has 0 saturated carbocycles. The minimum atomic E-state index is -0.164. The molecule has 7 nitrogen and oxygen atoms in total. The van der Waals surface area contributed by atoms with Crippen molar-refractivity contribution in [3.8, 4) is 0 Å². The minimum Gasteiger partial charge on any atom is -0.456 e. The summed E-state index contributed by atoms with van der Waals surface area (Å²) in [6.07, 6.45) is 2.92. The summed E-state index contributed by atoms with van der Waals surface area (Å²) in [5.74, 6) is 0.707. The Morgan fingerprint density at radius 3 is 2.38 bits per heavy atom. The van der Waals surface area contributed by atoms with E-state index < -0.39 is 0 Å². The first-order chi connectivity index (χ1) is 12.5. The fourth-order valence-corrected chi connectivity index (χ4v) is 3.60. The lowest BCUT2D eigenvalue weighted by molar-refractivity contribution is -0.140.